The molecule has 0 spiro atoms. The lowest BCUT2D eigenvalue weighted by Crippen LogP contribution is -2.48. The van der Waals surface area contributed by atoms with Gasteiger partial charge in [0.05, 0.1) is 16.8 Å². The zero-order valence-corrected chi connectivity index (χ0v) is 24.7. The number of carbonyl (C=O) groups is 2. The quantitative estimate of drug-likeness (QED) is 0.212. The lowest BCUT2D eigenvalue weighted by Gasteiger charge is -2.27. The number of pyridine rings is 2. The highest BCUT2D eigenvalue weighted by Gasteiger charge is 2.31. The van der Waals surface area contributed by atoms with Crippen LogP contribution in [0.3, 0.4) is 0 Å². The normalized spacial score (nSPS) is 16.7. The number of halogens is 1. The molecule has 1 unspecified atom stereocenters. The topological polar surface area (TPSA) is 93.2 Å². The number of nitrogens with one attached hydrogen (secondary N) is 2. The molecule has 3 heterocycles. The number of amides is 2. The number of rotatable bonds is 5. The Kier molecular flexibility index (Phi) is 7.20. The van der Waals surface area contributed by atoms with Gasteiger partial charge in [0.25, 0.3) is 5.91 Å². The first-order valence-corrected chi connectivity index (χ1v) is 15.0. The predicted molar refractivity (Wildman–Crippen MR) is 171 cm³/mol. The molecule has 0 radical (unpaired) electrons. The number of nitrogens with zero attached hydrogens (tertiary/aromatic N) is 2. The minimum absolute atomic E-state index is 0.273. The monoisotopic (exact) mass is 630 g/mol. The number of ether oxygens (including phenoxy) is 1. The lowest BCUT2D eigenvalue weighted by molar-refractivity contribution is -0.118. The van der Waals surface area contributed by atoms with Gasteiger partial charge in [-0.3, -0.25) is 9.59 Å². The standard InChI is InChI=1S/C35H27BrN4O3/c36-24-18-23-19-30(34(41)40-33(23)37-20-24)39-35(42)31-27-10-4-5-12-29(27)38-32-22(7-6-11-28(31)32)17-21-13-15-26(16-14-21)43-25-8-2-1-3-9-25/h1-5,8-10,12-18,20,30H,6-7,11,19H2,(H,39,42)(H,37,40,41)/b22-17-. The van der Waals surface area contributed by atoms with Gasteiger partial charge in [-0.25, -0.2) is 9.97 Å². The average Bonchev–Trinajstić information content (AvgIpc) is 3.02. The third-order valence-corrected chi connectivity index (χ3v) is 8.25. The van der Waals surface area contributed by atoms with E-state index in [0.717, 1.165) is 74.1 Å². The molecule has 2 N–H and O–H groups in total. The average molecular weight is 632 g/mol. The Bertz CT molecular complexity index is 1900. The molecule has 1 aliphatic heterocycles. The number of hydrogen-bond donors (Lipinski definition) is 2. The summed E-state index contributed by atoms with van der Waals surface area (Å²) in [4.78, 5) is 36.3. The van der Waals surface area contributed by atoms with E-state index in [4.69, 9.17) is 9.72 Å². The number of carbonyl (C=O) groups excluding carboxylic acids is 2. The molecular weight excluding hydrogens is 604 g/mol. The fourth-order valence-corrected chi connectivity index (χ4v) is 6.18. The van der Waals surface area contributed by atoms with Crippen LogP contribution in [0.15, 0.2) is 95.6 Å². The highest BCUT2D eigenvalue weighted by atomic mass is 79.9. The molecule has 0 fully saturated rings. The van der Waals surface area contributed by atoms with Crippen LogP contribution in [0.25, 0.3) is 22.6 Å². The van der Waals surface area contributed by atoms with Gasteiger partial charge in [0.1, 0.15) is 23.4 Å². The molecule has 3 aromatic carbocycles. The Hall–Kier alpha value is -4.82. The first kappa shape index (κ1) is 27.0. The minimum Gasteiger partial charge on any atom is -0.457 e. The molecule has 2 aliphatic rings. The molecule has 0 bridgehead atoms. The SMILES string of the molecule is O=C(NC1Cc2cc(Br)cnc2NC1=O)c1c2c(nc3ccccc13)/C(=C\c1ccc(Oc3ccccc3)cc1)CCC2. The number of para-hydroxylation sites is 2. The van der Waals surface area contributed by atoms with Crippen molar-refractivity contribution in [2.75, 3.05) is 5.32 Å². The van der Waals surface area contributed by atoms with Crippen molar-refractivity contribution in [3.05, 3.63) is 124 Å². The van der Waals surface area contributed by atoms with Gasteiger partial charge in [-0.1, -0.05) is 48.5 Å². The van der Waals surface area contributed by atoms with Crippen molar-refractivity contribution in [3.63, 3.8) is 0 Å². The van der Waals surface area contributed by atoms with Crippen molar-refractivity contribution in [1.82, 2.24) is 15.3 Å². The molecule has 5 aromatic rings. The molecular formula is C35H27BrN4O3. The Morgan fingerprint density at radius 1 is 0.977 bits per heavy atom. The summed E-state index contributed by atoms with van der Waals surface area (Å²) in [5.41, 5.74) is 6.07. The fourth-order valence-electron chi connectivity index (χ4n) is 5.81. The number of benzene rings is 3. The van der Waals surface area contributed by atoms with Crippen molar-refractivity contribution in [1.29, 1.82) is 0 Å². The summed E-state index contributed by atoms with van der Waals surface area (Å²) in [6.07, 6.45) is 6.62. The molecule has 2 aromatic heterocycles. The third kappa shape index (κ3) is 5.53. The summed E-state index contributed by atoms with van der Waals surface area (Å²) < 4.78 is 6.77. The van der Waals surface area contributed by atoms with Crippen LogP contribution in [0.4, 0.5) is 5.82 Å². The number of anilines is 1. The van der Waals surface area contributed by atoms with Crippen LogP contribution in [0.5, 0.6) is 11.5 Å². The predicted octanol–water partition coefficient (Wildman–Crippen LogP) is 7.35. The second kappa shape index (κ2) is 11.5. The van der Waals surface area contributed by atoms with Crippen LogP contribution in [-0.4, -0.2) is 27.8 Å². The van der Waals surface area contributed by atoms with E-state index in [-0.39, 0.29) is 11.8 Å². The van der Waals surface area contributed by atoms with Crippen molar-refractivity contribution in [2.45, 2.75) is 31.7 Å². The summed E-state index contributed by atoms with van der Waals surface area (Å²) in [6, 6.07) is 26.6. The fraction of sp³-hybridized carbons (Fsp3) is 0.143. The molecule has 0 saturated carbocycles. The van der Waals surface area contributed by atoms with Crippen LogP contribution >= 0.6 is 15.9 Å². The molecule has 7 nitrogen and oxygen atoms in total. The molecule has 8 heteroatoms. The first-order valence-electron chi connectivity index (χ1n) is 14.2. The molecule has 2 amide bonds. The van der Waals surface area contributed by atoms with Crippen LogP contribution in [0, 0.1) is 0 Å². The molecule has 7 rings (SSSR count). The Labute approximate surface area is 257 Å². The van der Waals surface area contributed by atoms with Gasteiger partial charge in [0, 0.05) is 22.5 Å². The molecule has 0 saturated heterocycles. The largest absolute Gasteiger partial charge is 0.457 e. The highest BCUT2D eigenvalue weighted by Crippen LogP contribution is 2.36. The minimum atomic E-state index is -0.714. The van der Waals surface area contributed by atoms with E-state index in [1.807, 2.05) is 84.9 Å². The maximum absolute atomic E-state index is 14.0. The molecule has 212 valence electrons. The Morgan fingerprint density at radius 3 is 2.58 bits per heavy atom. The lowest BCUT2D eigenvalue weighted by atomic mass is 9.85. The van der Waals surface area contributed by atoms with Crippen LogP contribution in [0.2, 0.25) is 0 Å². The van der Waals surface area contributed by atoms with Gasteiger partial charge in [-0.2, -0.15) is 0 Å². The van der Waals surface area contributed by atoms with Crippen LogP contribution < -0.4 is 15.4 Å². The zero-order chi connectivity index (χ0) is 29.3. The van der Waals surface area contributed by atoms with Gasteiger partial charge in [0.15, 0.2) is 0 Å². The van der Waals surface area contributed by atoms with Crippen molar-refractivity contribution >= 4 is 56.1 Å². The van der Waals surface area contributed by atoms with Crippen LogP contribution in [-0.2, 0) is 17.6 Å². The number of allylic oxidation sites excluding steroid dienone is 1. The van der Waals surface area contributed by atoms with E-state index < -0.39 is 6.04 Å². The van der Waals surface area contributed by atoms with Gasteiger partial charge in [-0.05, 0) is 99.9 Å². The van der Waals surface area contributed by atoms with Gasteiger partial charge in [0.2, 0.25) is 5.91 Å². The molecule has 43 heavy (non-hydrogen) atoms. The Morgan fingerprint density at radius 2 is 1.74 bits per heavy atom. The van der Waals surface area contributed by atoms with Crippen molar-refractivity contribution in [3.8, 4) is 11.5 Å². The summed E-state index contributed by atoms with van der Waals surface area (Å²) in [6.45, 7) is 0. The Balaban J connectivity index is 1.21. The van der Waals surface area contributed by atoms with E-state index in [0.29, 0.717) is 17.8 Å². The third-order valence-electron chi connectivity index (χ3n) is 7.82. The van der Waals surface area contributed by atoms with Crippen LogP contribution in [0.1, 0.15) is 45.6 Å². The summed E-state index contributed by atoms with van der Waals surface area (Å²) in [5, 5.41) is 6.63. The number of aromatic nitrogens is 2. The summed E-state index contributed by atoms with van der Waals surface area (Å²) in [5.74, 6) is 1.53. The summed E-state index contributed by atoms with van der Waals surface area (Å²) in [7, 11) is 0. The smallest absolute Gasteiger partial charge is 0.252 e. The highest BCUT2D eigenvalue weighted by molar-refractivity contribution is 9.10. The first-order chi connectivity index (χ1) is 21.0. The van der Waals surface area contributed by atoms with Gasteiger partial charge < -0.3 is 15.4 Å². The number of hydrogen-bond acceptors (Lipinski definition) is 5. The second-order valence-corrected chi connectivity index (χ2v) is 11.6. The molecule has 1 atom stereocenters. The molecule has 1 aliphatic carbocycles. The second-order valence-electron chi connectivity index (χ2n) is 10.7. The van der Waals surface area contributed by atoms with E-state index in [2.05, 4.69) is 37.6 Å². The van der Waals surface area contributed by atoms with E-state index in [9.17, 15) is 9.59 Å². The van der Waals surface area contributed by atoms with E-state index >= 15 is 0 Å². The summed E-state index contributed by atoms with van der Waals surface area (Å²) >= 11 is 3.45. The maximum Gasteiger partial charge on any atom is 0.252 e. The maximum atomic E-state index is 14.0. The van der Waals surface area contributed by atoms with E-state index in [1.54, 1.807) is 6.20 Å². The van der Waals surface area contributed by atoms with Gasteiger partial charge >= 0.3 is 0 Å². The zero-order valence-electron chi connectivity index (χ0n) is 23.1. The number of fused-ring (bicyclic) bond motifs is 3. The van der Waals surface area contributed by atoms with E-state index in [1.165, 1.54) is 0 Å². The van der Waals surface area contributed by atoms with Crippen molar-refractivity contribution < 1.29 is 14.3 Å². The van der Waals surface area contributed by atoms with Gasteiger partial charge in [-0.15, -0.1) is 0 Å². The van der Waals surface area contributed by atoms with Crippen molar-refractivity contribution in [2.24, 2.45) is 0 Å².